The average molecular weight is 274 g/mol. The highest BCUT2D eigenvalue weighted by Crippen LogP contribution is 2.12. The fraction of sp³-hybridized carbons (Fsp3) is 1.00. The highest BCUT2D eigenvalue weighted by atomic mass is 16.5. The molecule has 0 fully saturated rings. The second-order valence-electron chi connectivity index (χ2n) is 5.43. The van der Waals surface area contributed by atoms with Crippen molar-refractivity contribution in [2.75, 3.05) is 33.0 Å². The molecule has 0 heterocycles. The molecule has 0 rings (SSSR count). The van der Waals surface area contributed by atoms with Gasteiger partial charge in [0, 0.05) is 6.61 Å². The first-order valence-corrected chi connectivity index (χ1v) is 8.07. The van der Waals surface area contributed by atoms with Crippen molar-refractivity contribution in [3.05, 3.63) is 0 Å². The monoisotopic (exact) mass is 274 g/mol. The first-order valence-electron chi connectivity index (χ1n) is 8.07. The average Bonchev–Trinajstić information content (AvgIpc) is 2.41. The molecule has 0 bridgehead atoms. The maximum atomic E-state index is 8.53. The zero-order chi connectivity index (χ0) is 14.2. The van der Waals surface area contributed by atoms with Crippen LogP contribution in [0, 0.1) is 5.92 Å². The van der Waals surface area contributed by atoms with E-state index in [0.29, 0.717) is 25.7 Å². The number of hydrogen-bond donors (Lipinski definition) is 1. The van der Waals surface area contributed by atoms with Gasteiger partial charge >= 0.3 is 0 Å². The molecule has 0 aromatic heterocycles. The number of unbranched alkanes of at least 4 members (excludes halogenated alkanes) is 6. The number of aliphatic hydroxyl groups is 1. The first kappa shape index (κ1) is 18.9. The van der Waals surface area contributed by atoms with Gasteiger partial charge in [0.1, 0.15) is 0 Å². The molecule has 19 heavy (non-hydrogen) atoms. The Balaban J connectivity index is 3.10. The van der Waals surface area contributed by atoms with Gasteiger partial charge in [-0.2, -0.15) is 0 Å². The molecule has 0 amide bonds. The van der Waals surface area contributed by atoms with Gasteiger partial charge in [-0.05, 0) is 12.3 Å². The Morgan fingerprint density at radius 3 is 2.16 bits per heavy atom. The standard InChI is InChI=1S/C16H34O3/c1-3-4-5-6-7-8-9-10-16(2)15-19-14-13-18-12-11-17/h16-17H,3-15H2,1-2H3. The topological polar surface area (TPSA) is 38.7 Å². The summed E-state index contributed by atoms with van der Waals surface area (Å²) in [6.45, 7) is 7.08. The van der Waals surface area contributed by atoms with Crippen molar-refractivity contribution in [2.45, 2.75) is 65.2 Å². The van der Waals surface area contributed by atoms with Crippen LogP contribution in [-0.2, 0) is 9.47 Å². The van der Waals surface area contributed by atoms with Gasteiger partial charge in [0.25, 0.3) is 0 Å². The van der Waals surface area contributed by atoms with Crippen LogP contribution in [0.5, 0.6) is 0 Å². The zero-order valence-electron chi connectivity index (χ0n) is 13.0. The van der Waals surface area contributed by atoms with Gasteiger partial charge in [0.15, 0.2) is 0 Å². The van der Waals surface area contributed by atoms with Gasteiger partial charge in [0.2, 0.25) is 0 Å². The Morgan fingerprint density at radius 2 is 1.47 bits per heavy atom. The van der Waals surface area contributed by atoms with Gasteiger partial charge in [-0.15, -0.1) is 0 Å². The molecule has 0 aromatic rings. The Bertz CT molecular complexity index is 162. The maximum Gasteiger partial charge on any atom is 0.0701 e. The van der Waals surface area contributed by atoms with Gasteiger partial charge in [0.05, 0.1) is 26.4 Å². The minimum atomic E-state index is 0.0919. The van der Waals surface area contributed by atoms with Crippen molar-refractivity contribution in [1.29, 1.82) is 0 Å². The molecule has 1 atom stereocenters. The number of hydrogen-bond acceptors (Lipinski definition) is 3. The molecule has 0 saturated carbocycles. The Morgan fingerprint density at radius 1 is 0.842 bits per heavy atom. The minimum absolute atomic E-state index is 0.0919. The third kappa shape index (κ3) is 15.8. The minimum Gasteiger partial charge on any atom is -0.394 e. The van der Waals surface area contributed by atoms with Crippen LogP contribution in [-0.4, -0.2) is 38.1 Å². The summed E-state index contributed by atoms with van der Waals surface area (Å²) in [5.41, 5.74) is 0. The summed E-state index contributed by atoms with van der Waals surface area (Å²) in [5, 5.41) is 8.53. The highest BCUT2D eigenvalue weighted by Gasteiger charge is 2.02. The summed E-state index contributed by atoms with van der Waals surface area (Å²) in [6, 6.07) is 0. The van der Waals surface area contributed by atoms with E-state index in [1.807, 2.05) is 0 Å². The lowest BCUT2D eigenvalue weighted by molar-refractivity contribution is 0.0228. The summed E-state index contributed by atoms with van der Waals surface area (Å²) in [5.74, 6) is 0.647. The summed E-state index contributed by atoms with van der Waals surface area (Å²) in [7, 11) is 0. The normalized spacial score (nSPS) is 12.8. The molecule has 0 aliphatic heterocycles. The highest BCUT2D eigenvalue weighted by molar-refractivity contribution is 4.53. The maximum absolute atomic E-state index is 8.53. The van der Waals surface area contributed by atoms with E-state index in [2.05, 4.69) is 13.8 Å². The summed E-state index contributed by atoms with van der Waals surface area (Å²) < 4.78 is 10.7. The Kier molecular flexibility index (Phi) is 15.8. The molecule has 0 aliphatic rings. The van der Waals surface area contributed by atoms with Crippen molar-refractivity contribution >= 4 is 0 Å². The van der Waals surface area contributed by atoms with E-state index in [1.165, 1.54) is 51.4 Å². The van der Waals surface area contributed by atoms with Crippen LogP contribution >= 0.6 is 0 Å². The molecule has 0 aliphatic carbocycles. The van der Waals surface area contributed by atoms with Gasteiger partial charge in [-0.1, -0.05) is 58.8 Å². The van der Waals surface area contributed by atoms with Crippen molar-refractivity contribution in [3.63, 3.8) is 0 Å². The molecule has 116 valence electrons. The molecule has 3 nitrogen and oxygen atoms in total. The van der Waals surface area contributed by atoms with Crippen molar-refractivity contribution in [3.8, 4) is 0 Å². The van der Waals surface area contributed by atoms with E-state index in [1.54, 1.807) is 0 Å². The van der Waals surface area contributed by atoms with Crippen molar-refractivity contribution < 1.29 is 14.6 Å². The third-order valence-electron chi connectivity index (χ3n) is 3.31. The van der Waals surface area contributed by atoms with E-state index < -0.39 is 0 Å². The first-order chi connectivity index (χ1) is 9.31. The van der Waals surface area contributed by atoms with Gasteiger partial charge in [-0.3, -0.25) is 0 Å². The van der Waals surface area contributed by atoms with Crippen LogP contribution < -0.4 is 0 Å². The van der Waals surface area contributed by atoms with E-state index >= 15 is 0 Å². The summed E-state index contributed by atoms with van der Waals surface area (Å²) in [4.78, 5) is 0. The number of aliphatic hydroxyl groups excluding tert-OH is 1. The molecule has 1 N–H and O–H groups in total. The number of ether oxygens (including phenoxy) is 2. The second-order valence-corrected chi connectivity index (χ2v) is 5.43. The van der Waals surface area contributed by atoms with E-state index in [0.717, 1.165) is 6.61 Å². The van der Waals surface area contributed by atoms with E-state index in [4.69, 9.17) is 14.6 Å². The molecule has 0 radical (unpaired) electrons. The van der Waals surface area contributed by atoms with Crippen molar-refractivity contribution in [1.82, 2.24) is 0 Å². The predicted octanol–water partition coefficient (Wildman–Crippen LogP) is 3.79. The van der Waals surface area contributed by atoms with Crippen LogP contribution in [0.2, 0.25) is 0 Å². The molecule has 3 heteroatoms. The quantitative estimate of drug-likeness (QED) is 0.462. The lowest BCUT2D eigenvalue weighted by atomic mass is 10.0. The SMILES string of the molecule is CCCCCCCCCC(C)COCCOCCO. The molecule has 1 unspecified atom stereocenters. The fourth-order valence-electron chi connectivity index (χ4n) is 2.10. The predicted molar refractivity (Wildman–Crippen MR) is 80.5 cm³/mol. The van der Waals surface area contributed by atoms with Crippen LogP contribution in [0.15, 0.2) is 0 Å². The third-order valence-corrected chi connectivity index (χ3v) is 3.31. The van der Waals surface area contributed by atoms with Crippen LogP contribution in [0.4, 0.5) is 0 Å². The lowest BCUT2D eigenvalue weighted by Crippen LogP contribution is -2.11. The zero-order valence-corrected chi connectivity index (χ0v) is 13.0. The van der Waals surface area contributed by atoms with E-state index in [-0.39, 0.29) is 6.61 Å². The smallest absolute Gasteiger partial charge is 0.0701 e. The Labute approximate surface area is 119 Å². The largest absolute Gasteiger partial charge is 0.394 e. The molecule has 0 saturated heterocycles. The second kappa shape index (κ2) is 15.9. The molecular weight excluding hydrogens is 240 g/mol. The van der Waals surface area contributed by atoms with E-state index in [9.17, 15) is 0 Å². The van der Waals surface area contributed by atoms with Crippen LogP contribution in [0.25, 0.3) is 0 Å². The summed E-state index contributed by atoms with van der Waals surface area (Å²) >= 11 is 0. The van der Waals surface area contributed by atoms with Crippen LogP contribution in [0.1, 0.15) is 65.2 Å². The molecule has 0 aromatic carbocycles. The summed E-state index contributed by atoms with van der Waals surface area (Å²) in [6.07, 6.45) is 10.9. The van der Waals surface area contributed by atoms with Crippen molar-refractivity contribution in [2.24, 2.45) is 5.92 Å². The Hall–Kier alpha value is -0.120. The van der Waals surface area contributed by atoms with Gasteiger partial charge < -0.3 is 14.6 Å². The van der Waals surface area contributed by atoms with Crippen LogP contribution in [0.3, 0.4) is 0 Å². The number of rotatable bonds is 15. The lowest BCUT2D eigenvalue weighted by Gasteiger charge is -2.12. The van der Waals surface area contributed by atoms with Gasteiger partial charge in [-0.25, -0.2) is 0 Å². The fourth-order valence-corrected chi connectivity index (χ4v) is 2.10. The molecule has 0 spiro atoms. The molecular formula is C16H34O3.